The van der Waals surface area contributed by atoms with Crippen molar-refractivity contribution in [2.75, 3.05) is 6.61 Å². The monoisotopic (exact) mass is 568 g/mol. The summed E-state index contributed by atoms with van der Waals surface area (Å²) in [5.74, 6) is 1.65. The zero-order chi connectivity index (χ0) is 25.2. The summed E-state index contributed by atoms with van der Waals surface area (Å²) in [4.78, 5) is 16.4. The number of halogens is 3. The van der Waals surface area contributed by atoms with Gasteiger partial charge in [-0.3, -0.25) is 9.48 Å². The predicted octanol–water partition coefficient (Wildman–Crippen LogP) is 4.33. The quantitative estimate of drug-likeness (QED) is 0.321. The van der Waals surface area contributed by atoms with Gasteiger partial charge in [-0.15, -0.1) is 0 Å². The van der Waals surface area contributed by atoms with Gasteiger partial charge in [0.15, 0.2) is 11.6 Å². The fraction of sp³-hybridized carbons (Fsp3) is 0.304. The zero-order valence-corrected chi connectivity index (χ0v) is 21.2. The van der Waals surface area contributed by atoms with E-state index < -0.39 is 21.3 Å². The number of ether oxygens (including phenoxy) is 2. The third-order valence-corrected chi connectivity index (χ3v) is 7.67. The fourth-order valence-corrected chi connectivity index (χ4v) is 5.77. The number of hydrogen-bond acceptors (Lipinski definition) is 6. The van der Waals surface area contributed by atoms with Crippen molar-refractivity contribution in [3.05, 3.63) is 64.0 Å². The maximum atomic E-state index is 13.5. The average molecular weight is 569 g/mol. The molecule has 0 fully saturated rings. The smallest absolute Gasteiger partial charge is 0.327 e. The van der Waals surface area contributed by atoms with Crippen molar-refractivity contribution in [2.45, 2.75) is 43.7 Å². The van der Waals surface area contributed by atoms with Gasteiger partial charge in [0.1, 0.15) is 12.3 Å². The third-order valence-electron chi connectivity index (χ3n) is 5.45. The van der Waals surface area contributed by atoms with E-state index in [-0.39, 0.29) is 30.2 Å². The van der Waals surface area contributed by atoms with Crippen molar-refractivity contribution in [2.24, 2.45) is 0 Å². The maximum absolute atomic E-state index is 13.5. The van der Waals surface area contributed by atoms with Crippen molar-refractivity contribution in [1.82, 2.24) is 19.5 Å². The third kappa shape index (κ3) is 5.71. The number of hydrogen-bond donors (Lipinski definition) is 1. The van der Waals surface area contributed by atoms with E-state index in [4.69, 9.17) is 9.47 Å². The number of nitrogens with one attached hydrogen (secondary N) is 1. The molecule has 0 saturated heterocycles. The number of carbonyl (C=O) groups is 1. The molecule has 0 spiro atoms. The predicted molar refractivity (Wildman–Crippen MR) is 130 cm³/mol. The van der Waals surface area contributed by atoms with E-state index in [1.807, 2.05) is 0 Å². The van der Waals surface area contributed by atoms with Gasteiger partial charge in [-0.05, 0) is 66.2 Å². The Labute approximate surface area is 209 Å². The number of rotatable bonds is 8. The Morgan fingerprint density at radius 3 is 2.83 bits per heavy atom. The molecule has 0 saturated carbocycles. The highest BCUT2D eigenvalue weighted by Crippen LogP contribution is 2.33. The van der Waals surface area contributed by atoms with Crippen LogP contribution in [0.2, 0.25) is 0 Å². The summed E-state index contributed by atoms with van der Waals surface area (Å²) in [5.41, 5.74) is 1.76. The topological polar surface area (TPSA) is 95.3 Å². The van der Waals surface area contributed by atoms with Crippen molar-refractivity contribution in [1.29, 1.82) is 0 Å². The summed E-state index contributed by atoms with van der Waals surface area (Å²) in [7, 11) is -2.99. The molecule has 1 N–H and O–H groups in total. The van der Waals surface area contributed by atoms with Crippen LogP contribution in [-0.2, 0) is 32.2 Å². The van der Waals surface area contributed by atoms with Crippen LogP contribution in [0.3, 0.4) is 0 Å². The van der Waals surface area contributed by atoms with E-state index in [9.17, 15) is 17.8 Å². The summed E-state index contributed by atoms with van der Waals surface area (Å²) in [5, 5.41) is 4.33. The summed E-state index contributed by atoms with van der Waals surface area (Å²) >= 11 is 3.33. The molecule has 1 aromatic carbocycles. The lowest BCUT2D eigenvalue weighted by molar-refractivity contribution is -0.144. The Hall–Kier alpha value is -2.83. The molecule has 8 nitrogen and oxygen atoms in total. The molecule has 0 bridgehead atoms. The van der Waals surface area contributed by atoms with Crippen LogP contribution in [0.1, 0.15) is 37.1 Å². The van der Waals surface area contributed by atoms with Gasteiger partial charge in [-0.25, -0.2) is 22.7 Å². The van der Waals surface area contributed by atoms with Crippen LogP contribution in [0.15, 0.2) is 46.0 Å². The minimum absolute atomic E-state index is 0.0198. The molecule has 2 unspecified atom stereocenters. The molecular weight excluding hydrogens is 546 g/mol. The molecular formula is C23H23BrF2N4O4S. The molecule has 3 aromatic rings. The van der Waals surface area contributed by atoms with Crippen molar-refractivity contribution in [3.63, 3.8) is 0 Å². The highest BCUT2D eigenvalue weighted by Gasteiger charge is 2.27. The van der Waals surface area contributed by atoms with Gasteiger partial charge in [0.25, 0.3) is 0 Å². The Morgan fingerprint density at radius 1 is 1.31 bits per heavy atom. The van der Waals surface area contributed by atoms with E-state index >= 15 is 0 Å². The Bertz CT molecular complexity index is 1360. The molecule has 1 aliphatic rings. The first kappa shape index (κ1) is 25.3. The summed E-state index contributed by atoms with van der Waals surface area (Å²) in [6, 6.07) is 4.41. The second-order valence-electron chi connectivity index (χ2n) is 7.88. The second kappa shape index (κ2) is 10.4. The van der Waals surface area contributed by atoms with Crippen LogP contribution in [0, 0.1) is 11.6 Å². The van der Waals surface area contributed by atoms with E-state index in [0.29, 0.717) is 16.0 Å². The zero-order valence-electron chi connectivity index (χ0n) is 18.8. The second-order valence-corrected chi connectivity index (χ2v) is 10.8. The van der Waals surface area contributed by atoms with Gasteiger partial charge in [-0.2, -0.15) is 5.10 Å². The van der Waals surface area contributed by atoms with Crippen molar-refractivity contribution >= 4 is 37.5 Å². The normalized spacial score (nSPS) is 16.9. The van der Waals surface area contributed by atoms with Crippen LogP contribution >= 0.6 is 15.9 Å². The molecule has 2 heterocycles. The molecule has 1 aliphatic carbocycles. The minimum atomic E-state index is -2.99. The molecule has 35 heavy (non-hydrogen) atoms. The first-order chi connectivity index (χ1) is 16.7. The molecule has 186 valence electrons. The number of aromatic nitrogens is 3. The maximum Gasteiger partial charge on any atom is 0.327 e. The molecule has 0 amide bonds. The Balaban J connectivity index is 1.51. The van der Waals surface area contributed by atoms with E-state index in [1.165, 1.54) is 12.3 Å². The number of benzene rings is 1. The van der Waals surface area contributed by atoms with Gasteiger partial charge >= 0.3 is 5.97 Å². The molecule has 0 radical (unpaired) electrons. The first-order valence-electron chi connectivity index (χ1n) is 10.8. The van der Waals surface area contributed by atoms with E-state index in [2.05, 4.69) is 36.6 Å². The number of fused-ring (bicyclic) bond motifs is 1. The van der Waals surface area contributed by atoms with Crippen LogP contribution in [0.4, 0.5) is 8.78 Å². The minimum Gasteiger partial charge on any atom is -0.465 e. The van der Waals surface area contributed by atoms with Gasteiger partial charge < -0.3 is 9.47 Å². The van der Waals surface area contributed by atoms with Crippen LogP contribution in [0.5, 0.6) is 11.6 Å². The average Bonchev–Trinajstić information content (AvgIpc) is 3.21. The highest BCUT2D eigenvalue weighted by molar-refractivity contribution is 9.10. The van der Waals surface area contributed by atoms with Gasteiger partial charge in [0, 0.05) is 29.6 Å². The SMILES string of the molecule is C=S(=O)(NC1CCCc2c1cnn2CC(=O)OCC)c1cnc(Oc2ccc(F)c(F)c2)c(Br)c1. The van der Waals surface area contributed by atoms with Crippen LogP contribution in [0.25, 0.3) is 0 Å². The number of pyridine rings is 1. The van der Waals surface area contributed by atoms with Crippen molar-refractivity contribution in [3.8, 4) is 11.6 Å². The largest absolute Gasteiger partial charge is 0.465 e. The first-order valence-corrected chi connectivity index (χ1v) is 13.3. The molecule has 0 aliphatic heterocycles. The van der Waals surface area contributed by atoms with E-state index in [0.717, 1.165) is 42.7 Å². The van der Waals surface area contributed by atoms with Gasteiger partial charge in [0.2, 0.25) is 5.88 Å². The summed E-state index contributed by atoms with van der Waals surface area (Å²) in [6.07, 6.45) is 5.31. The lowest BCUT2D eigenvalue weighted by atomic mass is 9.94. The van der Waals surface area contributed by atoms with E-state index in [1.54, 1.807) is 23.9 Å². The molecule has 2 aromatic heterocycles. The van der Waals surface area contributed by atoms with Crippen molar-refractivity contribution < 1.29 is 27.3 Å². The van der Waals surface area contributed by atoms with Gasteiger partial charge in [-0.1, -0.05) is 0 Å². The Kier molecular flexibility index (Phi) is 7.53. The lowest BCUT2D eigenvalue weighted by Crippen LogP contribution is -2.31. The highest BCUT2D eigenvalue weighted by atomic mass is 79.9. The van der Waals surface area contributed by atoms with Gasteiger partial charge in [0.05, 0.1) is 31.9 Å². The lowest BCUT2D eigenvalue weighted by Gasteiger charge is -2.26. The number of carbonyl (C=O) groups excluding carboxylic acids is 1. The standard InChI is InChI=1S/C23H23BrF2N4O4S/c1-3-33-22(31)13-30-21-6-4-5-20(16(21)12-28-30)29-35(2,32)15-10-17(24)23(27-11-15)34-14-7-8-18(25)19(26)9-14/h7-12,20H,2-6,13H2,1H3,(H,29,32). The number of esters is 1. The molecule has 2 atom stereocenters. The summed E-state index contributed by atoms with van der Waals surface area (Å²) < 4.78 is 55.8. The Morgan fingerprint density at radius 2 is 2.11 bits per heavy atom. The molecule has 12 heteroatoms. The summed E-state index contributed by atoms with van der Waals surface area (Å²) in [6.45, 7) is 2.06. The van der Waals surface area contributed by atoms with Crippen LogP contribution in [-0.4, -0.2) is 37.4 Å². The van der Waals surface area contributed by atoms with Crippen LogP contribution < -0.4 is 9.46 Å². The number of nitrogens with zero attached hydrogens (tertiary/aromatic N) is 3. The molecule has 4 rings (SSSR count). The fourth-order valence-electron chi connectivity index (χ4n) is 3.82.